The number of nitrogens with one attached hydrogen (secondary N) is 1. The number of nitrogens with zero attached hydrogens (tertiary/aromatic N) is 3. The Hall–Kier alpha value is -1.49. The van der Waals surface area contributed by atoms with E-state index in [1.807, 2.05) is 12.3 Å². The van der Waals surface area contributed by atoms with E-state index in [9.17, 15) is 0 Å². The highest BCUT2D eigenvalue weighted by Gasteiger charge is 2.12. The van der Waals surface area contributed by atoms with Gasteiger partial charge >= 0.3 is 0 Å². The molecular weight excluding hydrogens is 236 g/mol. The predicted octanol–water partition coefficient (Wildman–Crippen LogP) is 1.49. The van der Waals surface area contributed by atoms with E-state index in [1.54, 1.807) is 0 Å². The lowest BCUT2D eigenvalue weighted by molar-refractivity contribution is 0.102. The number of hydrogen-bond donors (Lipinski definition) is 1. The first kappa shape index (κ1) is 12.5. The largest absolute Gasteiger partial charge is 0.304 e. The zero-order valence-electron chi connectivity index (χ0n) is 11.3. The third-order valence-corrected chi connectivity index (χ3v) is 3.68. The third kappa shape index (κ3) is 3.10. The van der Waals surface area contributed by atoms with Crippen molar-refractivity contribution in [3.8, 4) is 0 Å². The molecule has 3 rings (SSSR count). The fourth-order valence-electron chi connectivity index (χ4n) is 2.40. The minimum atomic E-state index is 0.883. The average molecular weight is 256 g/mol. The number of benzene rings is 1. The van der Waals surface area contributed by atoms with Crippen molar-refractivity contribution in [2.75, 3.05) is 33.2 Å². The molecule has 1 saturated heterocycles. The summed E-state index contributed by atoms with van der Waals surface area (Å²) in [5.41, 5.74) is 5.88. The lowest BCUT2D eigenvalue weighted by Crippen LogP contribution is -2.50. The van der Waals surface area contributed by atoms with Crippen molar-refractivity contribution >= 4 is 10.9 Å². The van der Waals surface area contributed by atoms with E-state index in [2.05, 4.69) is 51.6 Å². The van der Waals surface area contributed by atoms with Crippen LogP contribution in [0.4, 0.5) is 0 Å². The fraction of sp³-hybridized carbons (Fsp3) is 0.400. The van der Waals surface area contributed by atoms with Crippen molar-refractivity contribution in [3.63, 3.8) is 0 Å². The lowest BCUT2D eigenvalue weighted by Gasteiger charge is -2.32. The van der Waals surface area contributed by atoms with Gasteiger partial charge in [-0.05, 0) is 30.8 Å². The van der Waals surface area contributed by atoms with Crippen LogP contribution in [0, 0.1) is 0 Å². The molecule has 19 heavy (non-hydrogen) atoms. The molecule has 2 aromatic rings. The molecule has 4 heteroatoms. The number of fused-ring (bicyclic) bond motifs is 1. The van der Waals surface area contributed by atoms with E-state index < -0.39 is 0 Å². The zero-order valence-corrected chi connectivity index (χ0v) is 11.3. The minimum Gasteiger partial charge on any atom is -0.304 e. The monoisotopic (exact) mass is 256 g/mol. The maximum absolute atomic E-state index is 4.34. The maximum atomic E-state index is 4.34. The molecule has 100 valence electrons. The number of hydrazine groups is 1. The van der Waals surface area contributed by atoms with Crippen molar-refractivity contribution < 1.29 is 0 Å². The van der Waals surface area contributed by atoms with Gasteiger partial charge in [0.2, 0.25) is 0 Å². The minimum absolute atomic E-state index is 0.883. The Balaban J connectivity index is 1.62. The van der Waals surface area contributed by atoms with Crippen molar-refractivity contribution in [1.29, 1.82) is 0 Å². The van der Waals surface area contributed by atoms with Crippen LogP contribution < -0.4 is 5.43 Å². The molecule has 0 amide bonds. The van der Waals surface area contributed by atoms with E-state index in [4.69, 9.17) is 0 Å². The summed E-state index contributed by atoms with van der Waals surface area (Å²) in [4.78, 5) is 6.71. The molecule has 1 aliphatic heterocycles. The van der Waals surface area contributed by atoms with Crippen LogP contribution in [0.1, 0.15) is 5.56 Å². The molecule has 0 unspecified atom stereocenters. The van der Waals surface area contributed by atoms with Crippen LogP contribution >= 0.6 is 0 Å². The summed E-state index contributed by atoms with van der Waals surface area (Å²) >= 11 is 0. The molecule has 1 N–H and O–H groups in total. The molecule has 0 aliphatic carbocycles. The van der Waals surface area contributed by atoms with Gasteiger partial charge in [-0.1, -0.05) is 12.1 Å². The lowest BCUT2D eigenvalue weighted by atomic mass is 10.1. The first-order chi connectivity index (χ1) is 9.31. The van der Waals surface area contributed by atoms with E-state index in [0.717, 1.165) is 38.2 Å². The summed E-state index contributed by atoms with van der Waals surface area (Å²) in [6.07, 6.45) is 1.84. The Bertz CT molecular complexity index is 547. The molecule has 1 fully saturated rings. The third-order valence-electron chi connectivity index (χ3n) is 3.68. The average Bonchev–Trinajstić information content (AvgIpc) is 2.46. The molecular formula is C15H20N4. The van der Waals surface area contributed by atoms with Crippen LogP contribution in [-0.4, -0.2) is 48.1 Å². The second kappa shape index (κ2) is 5.65. The summed E-state index contributed by atoms with van der Waals surface area (Å²) in [6.45, 7) is 5.33. The smallest absolute Gasteiger partial charge is 0.0702 e. The fourth-order valence-corrected chi connectivity index (χ4v) is 2.40. The van der Waals surface area contributed by atoms with E-state index in [1.165, 1.54) is 10.9 Å². The SMILES string of the molecule is CN1CCN(NCc2ccc3ncccc3c2)CC1. The number of rotatable bonds is 3. The van der Waals surface area contributed by atoms with Gasteiger partial charge in [-0.15, -0.1) is 0 Å². The summed E-state index contributed by atoms with van der Waals surface area (Å²) in [5.74, 6) is 0. The van der Waals surface area contributed by atoms with E-state index >= 15 is 0 Å². The van der Waals surface area contributed by atoms with Gasteiger partial charge in [0.1, 0.15) is 0 Å². The van der Waals surface area contributed by atoms with Gasteiger partial charge < -0.3 is 4.90 Å². The molecule has 4 nitrogen and oxygen atoms in total. The van der Waals surface area contributed by atoms with Gasteiger partial charge in [0, 0.05) is 44.3 Å². The molecule has 0 saturated carbocycles. The Kier molecular flexibility index (Phi) is 3.73. The van der Waals surface area contributed by atoms with Crippen LogP contribution in [0.5, 0.6) is 0 Å². The second-order valence-corrected chi connectivity index (χ2v) is 5.16. The highest BCUT2D eigenvalue weighted by atomic mass is 15.5. The molecule has 1 aromatic carbocycles. The highest BCUT2D eigenvalue weighted by molar-refractivity contribution is 5.78. The Morgan fingerprint density at radius 1 is 1.16 bits per heavy atom. The number of hydrogen-bond acceptors (Lipinski definition) is 4. The standard InChI is InChI=1S/C15H20N4/c1-18-7-9-19(10-8-18)17-12-13-4-5-15-14(11-13)3-2-6-16-15/h2-6,11,17H,7-10,12H2,1H3. The Morgan fingerprint density at radius 3 is 2.84 bits per heavy atom. The van der Waals surface area contributed by atoms with Gasteiger partial charge in [0.15, 0.2) is 0 Å². The van der Waals surface area contributed by atoms with E-state index in [-0.39, 0.29) is 0 Å². The maximum Gasteiger partial charge on any atom is 0.0702 e. The number of likely N-dealkylation sites (N-methyl/N-ethyl adjacent to an activating group) is 1. The van der Waals surface area contributed by atoms with Crippen molar-refractivity contribution in [2.24, 2.45) is 0 Å². The molecule has 0 bridgehead atoms. The first-order valence-electron chi connectivity index (χ1n) is 6.82. The first-order valence-corrected chi connectivity index (χ1v) is 6.82. The molecule has 1 aromatic heterocycles. The molecule has 2 heterocycles. The van der Waals surface area contributed by atoms with Crippen molar-refractivity contribution in [1.82, 2.24) is 20.3 Å². The topological polar surface area (TPSA) is 31.4 Å². The van der Waals surface area contributed by atoms with Gasteiger partial charge in [-0.3, -0.25) is 10.4 Å². The second-order valence-electron chi connectivity index (χ2n) is 5.16. The molecule has 0 spiro atoms. The predicted molar refractivity (Wildman–Crippen MR) is 77.7 cm³/mol. The number of pyridine rings is 1. The van der Waals surface area contributed by atoms with Gasteiger partial charge in [-0.25, -0.2) is 5.01 Å². The highest BCUT2D eigenvalue weighted by Crippen LogP contribution is 2.13. The van der Waals surface area contributed by atoms with Crippen LogP contribution in [-0.2, 0) is 6.54 Å². The number of aromatic nitrogens is 1. The summed E-state index contributed by atoms with van der Waals surface area (Å²) in [5, 5.41) is 3.52. The molecule has 1 aliphatic rings. The van der Waals surface area contributed by atoms with Crippen LogP contribution in [0.15, 0.2) is 36.5 Å². The molecule has 0 atom stereocenters. The quantitative estimate of drug-likeness (QED) is 0.901. The zero-order chi connectivity index (χ0) is 13.1. The Labute approximate surface area is 114 Å². The van der Waals surface area contributed by atoms with Gasteiger partial charge in [0.25, 0.3) is 0 Å². The van der Waals surface area contributed by atoms with Crippen LogP contribution in [0.3, 0.4) is 0 Å². The van der Waals surface area contributed by atoms with E-state index in [0.29, 0.717) is 0 Å². The number of piperazine rings is 1. The van der Waals surface area contributed by atoms with Gasteiger partial charge in [-0.2, -0.15) is 0 Å². The molecule has 0 radical (unpaired) electrons. The van der Waals surface area contributed by atoms with Crippen molar-refractivity contribution in [2.45, 2.75) is 6.54 Å². The van der Waals surface area contributed by atoms with Crippen LogP contribution in [0.2, 0.25) is 0 Å². The normalized spacial score (nSPS) is 17.9. The van der Waals surface area contributed by atoms with Crippen LogP contribution in [0.25, 0.3) is 10.9 Å². The summed E-state index contributed by atoms with van der Waals surface area (Å²) in [7, 11) is 2.17. The van der Waals surface area contributed by atoms with Crippen molar-refractivity contribution in [3.05, 3.63) is 42.1 Å². The summed E-state index contributed by atoms with van der Waals surface area (Å²) in [6, 6.07) is 10.6. The Morgan fingerprint density at radius 2 is 2.00 bits per heavy atom. The van der Waals surface area contributed by atoms with Gasteiger partial charge in [0.05, 0.1) is 5.52 Å². The summed E-state index contributed by atoms with van der Waals surface area (Å²) < 4.78 is 0.